The smallest absolute Gasteiger partial charge is 0.0646 e. The van der Waals surface area contributed by atoms with Crippen LogP contribution in [0.4, 0.5) is 0 Å². The van der Waals surface area contributed by atoms with E-state index < -0.39 is 0 Å². The van der Waals surface area contributed by atoms with Gasteiger partial charge in [0.05, 0.1) is 5.60 Å². The predicted octanol–water partition coefficient (Wildman–Crippen LogP) is 3.09. The van der Waals surface area contributed by atoms with Crippen molar-refractivity contribution in [3.05, 3.63) is 0 Å². The van der Waals surface area contributed by atoms with E-state index in [1.54, 1.807) is 0 Å². The van der Waals surface area contributed by atoms with Crippen molar-refractivity contribution in [2.75, 3.05) is 0 Å². The van der Waals surface area contributed by atoms with Crippen LogP contribution in [0.15, 0.2) is 0 Å². The summed E-state index contributed by atoms with van der Waals surface area (Å²) >= 11 is 0. The molecular weight excluding hydrogens is 198 g/mol. The lowest BCUT2D eigenvalue weighted by atomic mass is 9.80. The molecule has 2 nitrogen and oxygen atoms in total. The Labute approximate surface area is 101 Å². The van der Waals surface area contributed by atoms with Gasteiger partial charge in [0.2, 0.25) is 0 Å². The Morgan fingerprint density at radius 1 is 1.25 bits per heavy atom. The summed E-state index contributed by atoms with van der Waals surface area (Å²) in [4.78, 5) is 0. The number of nitrogens with one attached hydrogen (secondary N) is 1. The van der Waals surface area contributed by atoms with Crippen LogP contribution in [-0.2, 0) is 0 Å². The Hall–Kier alpha value is -0.0800. The van der Waals surface area contributed by atoms with Crippen LogP contribution >= 0.6 is 0 Å². The zero-order valence-corrected chi connectivity index (χ0v) is 11.4. The second kappa shape index (κ2) is 6.02. The first-order valence-electron chi connectivity index (χ1n) is 6.99. The lowest BCUT2D eigenvalue weighted by Crippen LogP contribution is -2.46. The summed E-state index contributed by atoms with van der Waals surface area (Å²) in [6.45, 7) is 8.92. The Morgan fingerprint density at radius 3 is 2.19 bits per heavy atom. The lowest BCUT2D eigenvalue weighted by Gasteiger charge is -2.37. The van der Waals surface area contributed by atoms with E-state index in [-0.39, 0.29) is 5.60 Å². The van der Waals surface area contributed by atoms with E-state index in [4.69, 9.17) is 0 Å². The average Bonchev–Trinajstić information content (AvgIpc) is 2.28. The number of aliphatic hydroxyl groups is 1. The molecule has 2 N–H and O–H groups in total. The number of hydrogen-bond acceptors (Lipinski definition) is 2. The van der Waals surface area contributed by atoms with Crippen LogP contribution < -0.4 is 5.32 Å². The fraction of sp³-hybridized carbons (Fsp3) is 1.00. The van der Waals surface area contributed by atoms with Gasteiger partial charge in [-0.3, -0.25) is 0 Å². The molecule has 0 saturated heterocycles. The SMILES string of the molecule is CCC(NC1CCC(O)(CC)CC1)C(C)C. The van der Waals surface area contributed by atoms with Gasteiger partial charge >= 0.3 is 0 Å². The molecule has 1 fully saturated rings. The Morgan fingerprint density at radius 2 is 1.81 bits per heavy atom. The van der Waals surface area contributed by atoms with Crippen molar-refractivity contribution in [3.63, 3.8) is 0 Å². The summed E-state index contributed by atoms with van der Waals surface area (Å²) in [6.07, 6.45) is 6.31. The van der Waals surface area contributed by atoms with Gasteiger partial charge in [-0.2, -0.15) is 0 Å². The maximum Gasteiger partial charge on any atom is 0.0646 e. The molecule has 0 spiro atoms. The first-order valence-corrected chi connectivity index (χ1v) is 6.99. The van der Waals surface area contributed by atoms with Gasteiger partial charge < -0.3 is 10.4 Å². The maximum absolute atomic E-state index is 10.2. The van der Waals surface area contributed by atoms with Crippen LogP contribution in [0.3, 0.4) is 0 Å². The number of hydrogen-bond donors (Lipinski definition) is 2. The molecule has 1 rings (SSSR count). The predicted molar refractivity (Wildman–Crippen MR) is 69.5 cm³/mol. The summed E-state index contributed by atoms with van der Waals surface area (Å²) in [5.41, 5.74) is -0.363. The van der Waals surface area contributed by atoms with Gasteiger partial charge in [0.15, 0.2) is 0 Å². The molecule has 2 heteroatoms. The van der Waals surface area contributed by atoms with E-state index in [2.05, 4.69) is 33.0 Å². The van der Waals surface area contributed by atoms with E-state index in [9.17, 15) is 5.11 Å². The molecule has 0 aliphatic heterocycles. The molecule has 0 aromatic heterocycles. The minimum Gasteiger partial charge on any atom is -0.390 e. The Kier molecular flexibility index (Phi) is 5.26. The Bertz CT molecular complexity index is 195. The van der Waals surface area contributed by atoms with Gasteiger partial charge in [0.1, 0.15) is 0 Å². The molecule has 0 aromatic carbocycles. The third-order valence-electron chi connectivity index (χ3n) is 4.27. The number of rotatable bonds is 5. The quantitative estimate of drug-likeness (QED) is 0.756. The standard InChI is InChI=1S/C14H29NO/c1-5-13(11(3)4)15-12-7-9-14(16,6-2)10-8-12/h11-13,15-16H,5-10H2,1-4H3. The molecule has 1 unspecified atom stereocenters. The van der Waals surface area contributed by atoms with Crippen molar-refractivity contribution in [1.82, 2.24) is 5.32 Å². The molecule has 0 aromatic rings. The molecular formula is C14H29NO. The highest BCUT2D eigenvalue weighted by Crippen LogP contribution is 2.31. The molecule has 1 aliphatic carbocycles. The minimum atomic E-state index is -0.363. The molecule has 1 atom stereocenters. The van der Waals surface area contributed by atoms with E-state index >= 15 is 0 Å². The van der Waals surface area contributed by atoms with E-state index in [0.717, 1.165) is 32.1 Å². The molecule has 16 heavy (non-hydrogen) atoms. The molecule has 0 amide bonds. The zero-order chi connectivity index (χ0) is 12.2. The lowest BCUT2D eigenvalue weighted by molar-refractivity contribution is -0.00836. The molecule has 0 bridgehead atoms. The van der Waals surface area contributed by atoms with Crippen molar-refractivity contribution < 1.29 is 5.11 Å². The van der Waals surface area contributed by atoms with Gasteiger partial charge in [-0.15, -0.1) is 0 Å². The topological polar surface area (TPSA) is 32.3 Å². The van der Waals surface area contributed by atoms with Crippen molar-refractivity contribution in [1.29, 1.82) is 0 Å². The maximum atomic E-state index is 10.2. The fourth-order valence-corrected chi connectivity index (χ4v) is 2.76. The van der Waals surface area contributed by atoms with E-state index in [0.29, 0.717) is 18.0 Å². The van der Waals surface area contributed by atoms with Gasteiger partial charge in [-0.05, 0) is 44.4 Å². The summed E-state index contributed by atoms with van der Waals surface area (Å²) in [7, 11) is 0. The molecule has 1 aliphatic rings. The van der Waals surface area contributed by atoms with Crippen LogP contribution in [0.25, 0.3) is 0 Å². The van der Waals surface area contributed by atoms with Crippen molar-refractivity contribution in [3.8, 4) is 0 Å². The average molecular weight is 227 g/mol. The highest BCUT2D eigenvalue weighted by molar-refractivity contribution is 4.88. The van der Waals surface area contributed by atoms with Gasteiger partial charge in [-0.1, -0.05) is 27.7 Å². The van der Waals surface area contributed by atoms with E-state index in [1.165, 1.54) is 6.42 Å². The first kappa shape index (κ1) is 14.0. The van der Waals surface area contributed by atoms with Crippen molar-refractivity contribution in [2.45, 2.75) is 83.9 Å². The highest BCUT2D eigenvalue weighted by Gasteiger charge is 2.32. The van der Waals surface area contributed by atoms with Gasteiger partial charge in [-0.25, -0.2) is 0 Å². The monoisotopic (exact) mass is 227 g/mol. The fourth-order valence-electron chi connectivity index (χ4n) is 2.76. The van der Waals surface area contributed by atoms with Crippen LogP contribution in [-0.4, -0.2) is 22.8 Å². The summed E-state index contributed by atoms with van der Waals surface area (Å²) in [5.74, 6) is 0.706. The normalized spacial score (nSPS) is 33.0. The second-order valence-electron chi connectivity index (χ2n) is 5.78. The largest absolute Gasteiger partial charge is 0.390 e. The second-order valence-corrected chi connectivity index (χ2v) is 5.78. The third-order valence-corrected chi connectivity index (χ3v) is 4.27. The highest BCUT2D eigenvalue weighted by atomic mass is 16.3. The first-order chi connectivity index (χ1) is 7.50. The van der Waals surface area contributed by atoms with Crippen LogP contribution in [0.2, 0.25) is 0 Å². The van der Waals surface area contributed by atoms with Gasteiger partial charge in [0.25, 0.3) is 0 Å². The van der Waals surface area contributed by atoms with Crippen molar-refractivity contribution in [2.24, 2.45) is 5.92 Å². The van der Waals surface area contributed by atoms with Gasteiger partial charge in [0, 0.05) is 12.1 Å². The molecule has 0 heterocycles. The third kappa shape index (κ3) is 3.74. The molecule has 96 valence electrons. The zero-order valence-electron chi connectivity index (χ0n) is 11.4. The van der Waals surface area contributed by atoms with E-state index in [1.807, 2.05) is 0 Å². The summed E-state index contributed by atoms with van der Waals surface area (Å²) in [5, 5.41) is 13.9. The summed E-state index contributed by atoms with van der Waals surface area (Å²) in [6, 6.07) is 1.26. The molecule has 1 saturated carbocycles. The van der Waals surface area contributed by atoms with Crippen LogP contribution in [0.1, 0.15) is 66.2 Å². The Balaban J connectivity index is 2.36. The van der Waals surface area contributed by atoms with Crippen molar-refractivity contribution >= 4 is 0 Å². The summed E-state index contributed by atoms with van der Waals surface area (Å²) < 4.78 is 0. The van der Waals surface area contributed by atoms with Crippen LogP contribution in [0.5, 0.6) is 0 Å². The van der Waals surface area contributed by atoms with Crippen LogP contribution in [0, 0.1) is 5.92 Å². The minimum absolute atomic E-state index is 0.363. The molecule has 0 radical (unpaired) electrons.